The van der Waals surface area contributed by atoms with Crippen molar-refractivity contribution in [1.82, 2.24) is 14.7 Å². The van der Waals surface area contributed by atoms with Crippen LogP contribution in [0.1, 0.15) is 38.1 Å². The SMILES string of the molecule is CC(NC(=O)c1cccn2c(NC(C)(C)C)c(-c3ccc4c(c3)OCO4)nc12)C(=O)O. The fourth-order valence-electron chi connectivity index (χ4n) is 3.30. The van der Waals surface area contributed by atoms with Gasteiger partial charge in [0.1, 0.15) is 17.6 Å². The number of aliphatic carboxylic acids is 1. The summed E-state index contributed by atoms with van der Waals surface area (Å²) in [5, 5.41) is 15.1. The zero-order valence-electron chi connectivity index (χ0n) is 17.7. The monoisotopic (exact) mass is 424 g/mol. The van der Waals surface area contributed by atoms with E-state index in [2.05, 4.69) is 10.6 Å². The standard InChI is InChI=1S/C22H24N4O5/c1-12(21(28)29)23-20(27)14-6-5-9-26-18(14)24-17(19(26)25-22(2,3)4)13-7-8-15-16(10-13)31-11-30-15/h5-10,12,25H,11H2,1-4H3,(H,23,27)(H,28,29). The third kappa shape index (κ3) is 3.98. The van der Waals surface area contributed by atoms with Crippen LogP contribution in [0.3, 0.4) is 0 Å². The van der Waals surface area contributed by atoms with Crippen molar-refractivity contribution < 1.29 is 24.2 Å². The molecule has 3 aromatic rings. The molecule has 31 heavy (non-hydrogen) atoms. The molecule has 3 N–H and O–H groups in total. The number of ether oxygens (including phenoxy) is 2. The quantitative estimate of drug-likeness (QED) is 0.576. The molecule has 0 bridgehead atoms. The maximum atomic E-state index is 12.8. The Hall–Kier alpha value is -3.75. The van der Waals surface area contributed by atoms with Crippen LogP contribution in [-0.2, 0) is 4.79 Å². The third-order valence-corrected chi connectivity index (χ3v) is 4.75. The Morgan fingerprint density at radius 2 is 1.94 bits per heavy atom. The molecule has 0 fully saturated rings. The summed E-state index contributed by atoms with van der Waals surface area (Å²) < 4.78 is 12.7. The van der Waals surface area contributed by atoms with E-state index in [1.165, 1.54) is 6.92 Å². The first-order chi connectivity index (χ1) is 14.6. The van der Waals surface area contributed by atoms with E-state index < -0.39 is 17.9 Å². The van der Waals surface area contributed by atoms with Crippen molar-refractivity contribution in [3.8, 4) is 22.8 Å². The molecule has 0 radical (unpaired) electrons. The molecule has 1 atom stereocenters. The Kier molecular flexibility index (Phi) is 4.96. The van der Waals surface area contributed by atoms with Gasteiger partial charge >= 0.3 is 5.97 Å². The lowest BCUT2D eigenvalue weighted by Gasteiger charge is -2.22. The smallest absolute Gasteiger partial charge is 0.325 e. The zero-order valence-corrected chi connectivity index (χ0v) is 17.7. The van der Waals surface area contributed by atoms with Crippen molar-refractivity contribution in [2.75, 3.05) is 12.1 Å². The molecule has 2 aromatic heterocycles. The van der Waals surface area contributed by atoms with E-state index >= 15 is 0 Å². The van der Waals surface area contributed by atoms with E-state index in [1.807, 2.05) is 45.2 Å². The molecule has 9 nitrogen and oxygen atoms in total. The molecule has 1 aliphatic heterocycles. The van der Waals surface area contributed by atoms with Gasteiger partial charge in [0.15, 0.2) is 17.1 Å². The Morgan fingerprint density at radius 3 is 2.65 bits per heavy atom. The number of anilines is 1. The second-order valence-electron chi connectivity index (χ2n) is 8.40. The van der Waals surface area contributed by atoms with Crippen molar-refractivity contribution in [1.29, 1.82) is 0 Å². The minimum atomic E-state index is -1.11. The van der Waals surface area contributed by atoms with E-state index in [-0.39, 0.29) is 17.9 Å². The van der Waals surface area contributed by atoms with Gasteiger partial charge in [0.25, 0.3) is 5.91 Å². The number of amides is 1. The maximum Gasteiger partial charge on any atom is 0.325 e. The van der Waals surface area contributed by atoms with Crippen molar-refractivity contribution in [2.24, 2.45) is 0 Å². The molecule has 0 spiro atoms. The Bertz CT molecular complexity index is 1180. The first-order valence-corrected chi connectivity index (χ1v) is 9.87. The van der Waals surface area contributed by atoms with Crippen LogP contribution in [0.4, 0.5) is 5.82 Å². The predicted molar refractivity (Wildman–Crippen MR) is 115 cm³/mol. The topological polar surface area (TPSA) is 114 Å². The molecule has 1 aromatic carbocycles. The second kappa shape index (κ2) is 7.50. The van der Waals surface area contributed by atoms with Gasteiger partial charge in [-0.25, -0.2) is 4.98 Å². The fraction of sp³-hybridized carbons (Fsp3) is 0.318. The minimum Gasteiger partial charge on any atom is -0.480 e. The molecule has 0 saturated heterocycles. The lowest BCUT2D eigenvalue weighted by molar-refractivity contribution is -0.138. The molecular formula is C22H24N4O5. The van der Waals surface area contributed by atoms with Crippen LogP contribution in [0.15, 0.2) is 36.5 Å². The van der Waals surface area contributed by atoms with Gasteiger partial charge in [-0.1, -0.05) is 0 Å². The van der Waals surface area contributed by atoms with Crippen LogP contribution in [0.25, 0.3) is 16.9 Å². The first-order valence-electron chi connectivity index (χ1n) is 9.87. The van der Waals surface area contributed by atoms with Crippen LogP contribution in [0.2, 0.25) is 0 Å². The van der Waals surface area contributed by atoms with Crippen molar-refractivity contribution in [3.63, 3.8) is 0 Å². The normalized spacial score (nSPS) is 13.8. The van der Waals surface area contributed by atoms with Crippen LogP contribution in [0.5, 0.6) is 11.5 Å². The second-order valence-corrected chi connectivity index (χ2v) is 8.40. The molecule has 1 unspecified atom stereocenters. The molecule has 9 heteroatoms. The summed E-state index contributed by atoms with van der Waals surface area (Å²) >= 11 is 0. The lowest BCUT2D eigenvalue weighted by Crippen LogP contribution is -2.38. The lowest BCUT2D eigenvalue weighted by atomic mass is 10.1. The molecule has 1 aliphatic rings. The predicted octanol–water partition coefficient (Wildman–Crippen LogP) is 3.14. The number of aromatic nitrogens is 2. The maximum absolute atomic E-state index is 12.8. The number of nitrogens with zero attached hydrogens (tertiary/aromatic N) is 2. The average Bonchev–Trinajstić information content (AvgIpc) is 3.30. The number of imidazole rings is 1. The van der Waals surface area contributed by atoms with E-state index in [4.69, 9.17) is 19.6 Å². The highest BCUT2D eigenvalue weighted by Crippen LogP contribution is 2.39. The van der Waals surface area contributed by atoms with E-state index in [0.29, 0.717) is 28.7 Å². The van der Waals surface area contributed by atoms with Gasteiger partial charge in [-0.2, -0.15) is 0 Å². The summed E-state index contributed by atoms with van der Waals surface area (Å²) in [6.45, 7) is 7.67. The van der Waals surface area contributed by atoms with E-state index in [9.17, 15) is 9.59 Å². The fourth-order valence-corrected chi connectivity index (χ4v) is 3.30. The first kappa shape index (κ1) is 20.5. The third-order valence-electron chi connectivity index (χ3n) is 4.75. The van der Waals surface area contributed by atoms with Crippen LogP contribution >= 0.6 is 0 Å². The summed E-state index contributed by atoms with van der Waals surface area (Å²) in [6, 6.07) is 7.89. The Morgan fingerprint density at radius 1 is 1.19 bits per heavy atom. The minimum absolute atomic E-state index is 0.170. The highest BCUT2D eigenvalue weighted by atomic mass is 16.7. The van der Waals surface area contributed by atoms with E-state index in [0.717, 1.165) is 5.56 Å². The number of carbonyl (C=O) groups excluding carboxylic acids is 1. The number of carbonyl (C=O) groups is 2. The number of pyridine rings is 1. The molecule has 3 heterocycles. The van der Waals surface area contributed by atoms with E-state index in [1.54, 1.807) is 16.5 Å². The van der Waals surface area contributed by atoms with Gasteiger partial charge < -0.3 is 25.2 Å². The number of carboxylic acids is 1. The van der Waals surface area contributed by atoms with Gasteiger partial charge in [0.05, 0.1) is 5.56 Å². The summed E-state index contributed by atoms with van der Waals surface area (Å²) in [7, 11) is 0. The summed E-state index contributed by atoms with van der Waals surface area (Å²) in [4.78, 5) is 28.7. The Balaban J connectivity index is 1.86. The van der Waals surface area contributed by atoms with Crippen LogP contribution in [0, 0.1) is 0 Å². The van der Waals surface area contributed by atoms with Gasteiger partial charge in [0.2, 0.25) is 6.79 Å². The number of carboxylic acid groups (broad SMARTS) is 1. The van der Waals surface area contributed by atoms with Gasteiger partial charge in [0, 0.05) is 17.3 Å². The molecule has 0 saturated carbocycles. The summed E-state index contributed by atoms with van der Waals surface area (Å²) in [6.07, 6.45) is 1.81. The highest BCUT2D eigenvalue weighted by Gasteiger charge is 2.25. The molecule has 1 amide bonds. The zero-order chi connectivity index (χ0) is 22.3. The summed E-state index contributed by atoms with van der Waals surface area (Å²) in [5.41, 5.74) is 1.85. The van der Waals surface area contributed by atoms with Gasteiger partial charge in [-0.15, -0.1) is 0 Å². The number of hydrogen-bond donors (Lipinski definition) is 3. The van der Waals surface area contributed by atoms with Gasteiger partial charge in [-0.05, 0) is 58.0 Å². The number of nitrogens with one attached hydrogen (secondary N) is 2. The van der Waals surface area contributed by atoms with Crippen LogP contribution < -0.4 is 20.1 Å². The van der Waals surface area contributed by atoms with Crippen molar-refractivity contribution in [2.45, 2.75) is 39.3 Å². The number of hydrogen-bond acceptors (Lipinski definition) is 6. The number of fused-ring (bicyclic) bond motifs is 2. The average molecular weight is 424 g/mol. The molecular weight excluding hydrogens is 400 g/mol. The van der Waals surface area contributed by atoms with Crippen molar-refractivity contribution in [3.05, 3.63) is 42.1 Å². The Labute approximate surface area is 179 Å². The van der Waals surface area contributed by atoms with Crippen LogP contribution in [-0.4, -0.2) is 44.7 Å². The van der Waals surface area contributed by atoms with Crippen molar-refractivity contribution >= 4 is 23.3 Å². The molecule has 0 aliphatic carbocycles. The molecule has 4 rings (SSSR count). The molecule has 162 valence electrons. The number of benzene rings is 1. The number of rotatable bonds is 5. The highest BCUT2D eigenvalue weighted by molar-refractivity contribution is 6.02. The largest absolute Gasteiger partial charge is 0.480 e. The van der Waals surface area contributed by atoms with Gasteiger partial charge in [-0.3, -0.25) is 14.0 Å². The summed E-state index contributed by atoms with van der Waals surface area (Å²) in [5.74, 6) is 0.386.